The Balaban J connectivity index is 1.35. The fourth-order valence-electron chi connectivity index (χ4n) is 4.62. The lowest BCUT2D eigenvalue weighted by Gasteiger charge is -2.39. The summed E-state index contributed by atoms with van der Waals surface area (Å²) in [7, 11) is 0. The van der Waals surface area contributed by atoms with Crippen LogP contribution in [0.1, 0.15) is 0 Å². The Labute approximate surface area is 226 Å². The van der Waals surface area contributed by atoms with E-state index in [4.69, 9.17) is 23.4 Å². The van der Waals surface area contributed by atoms with Gasteiger partial charge in [0.25, 0.3) is 0 Å². The quantitative estimate of drug-likeness (QED) is 0.153. The lowest BCUT2D eigenvalue weighted by Crippen LogP contribution is -2.60. The topological polar surface area (TPSA) is 232 Å². The van der Waals surface area contributed by atoms with Crippen molar-refractivity contribution < 1.29 is 69.3 Å². The molecule has 10 atom stereocenters. The van der Waals surface area contributed by atoms with Gasteiger partial charge in [-0.1, -0.05) is 0 Å². The number of phenolic OH excluding ortho intramolecular Hbond substituents is 1. The van der Waals surface area contributed by atoms with Crippen molar-refractivity contribution in [3.05, 3.63) is 42.5 Å². The van der Waals surface area contributed by atoms with Gasteiger partial charge in [-0.2, -0.15) is 0 Å². The van der Waals surface area contributed by atoms with E-state index in [0.29, 0.717) is 22.3 Å². The first kappa shape index (κ1) is 28.5. The minimum Gasteiger partial charge on any atom is -0.508 e. The normalized spacial score (nSPS) is 34.6. The molecule has 2 aromatic carbocycles. The summed E-state index contributed by atoms with van der Waals surface area (Å²) in [6.07, 6.45) is -14.7. The van der Waals surface area contributed by atoms with Gasteiger partial charge in [-0.25, -0.2) is 0 Å². The highest BCUT2D eigenvalue weighted by molar-refractivity contribution is 5.84. The number of benzene rings is 2. The molecule has 0 amide bonds. The van der Waals surface area contributed by atoms with E-state index < -0.39 is 74.6 Å². The van der Waals surface area contributed by atoms with Gasteiger partial charge < -0.3 is 69.3 Å². The van der Waals surface area contributed by atoms with Crippen LogP contribution < -0.4 is 9.47 Å². The predicted octanol–water partition coefficient (Wildman–Crippen LogP) is -1.84. The third kappa shape index (κ3) is 5.46. The summed E-state index contributed by atoms with van der Waals surface area (Å²) in [6, 6.07) is 10.5. The van der Waals surface area contributed by atoms with Crippen LogP contribution in [0.3, 0.4) is 0 Å². The molecule has 2 aliphatic heterocycles. The zero-order chi connectivity index (χ0) is 28.7. The van der Waals surface area contributed by atoms with Gasteiger partial charge in [0, 0.05) is 23.1 Å². The fraction of sp³-hybridized carbons (Fsp3) is 0.462. The maximum atomic E-state index is 10.3. The second-order valence-corrected chi connectivity index (χ2v) is 9.66. The molecule has 0 radical (unpaired) electrons. The minimum atomic E-state index is -1.64. The van der Waals surface area contributed by atoms with Crippen molar-refractivity contribution in [1.82, 2.24) is 0 Å². The standard InChI is InChI=1S/C26H30O14/c27-8-17-19(30)21(32)23(34)25(39-17)36-13-2-1-10-5-15(38-16(10)7-13)11-3-12(29)6-14(4-11)37-26-24(35)22(33)20(31)18(9-28)40-26/h1-7,17-35H,8-9H2/t17-,18-,19-,20-,21+,22+,23-,24-,25+,26+/m1/s1. The van der Waals surface area contributed by atoms with Gasteiger partial charge >= 0.3 is 0 Å². The van der Waals surface area contributed by atoms with E-state index in [2.05, 4.69) is 0 Å². The van der Waals surface area contributed by atoms with Crippen molar-refractivity contribution in [2.45, 2.75) is 61.4 Å². The summed E-state index contributed by atoms with van der Waals surface area (Å²) in [5.74, 6) is 0.311. The van der Waals surface area contributed by atoms with Crippen LogP contribution in [-0.4, -0.2) is 121 Å². The number of ether oxygens (including phenoxy) is 4. The summed E-state index contributed by atoms with van der Waals surface area (Å²) in [4.78, 5) is 0. The molecule has 9 N–H and O–H groups in total. The largest absolute Gasteiger partial charge is 0.508 e. The number of hydrogen-bond acceptors (Lipinski definition) is 14. The first-order valence-corrected chi connectivity index (χ1v) is 12.4. The molecule has 3 aromatic rings. The predicted molar refractivity (Wildman–Crippen MR) is 132 cm³/mol. The number of aliphatic hydroxyl groups is 8. The Morgan fingerprint density at radius 1 is 0.625 bits per heavy atom. The van der Waals surface area contributed by atoms with Crippen molar-refractivity contribution in [2.24, 2.45) is 0 Å². The Bertz CT molecular complexity index is 1310. The molecule has 218 valence electrons. The van der Waals surface area contributed by atoms with Crippen LogP contribution in [0.5, 0.6) is 17.2 Å². The number of furan rings is 1. The van der Waals surface area contributed by atoms with E-state index in [0.717, 1.165) is 0 Å². The zero-order valence-corrected chi connectivity index (χ0v) is 20.8. The molecule has 0 aliphatic carbocycles. The highest BCUT2D eigenvalue weighted by Gasteiger charge is 2.45. The highest BCUT2D eigenvalue weighted by atomic mass is 16.7. The molecule has 2 fully saturated rings. The molecule has 2 saturated heterocycles. The van der Waals surface area contributed by atoms with Gasteiger partial charge in [-0.05, 0) is 30.3 Å². The van der Waals surface area contributed by atoms with E-state index in [1.54, 1.807) is 18.2 Å². The Morgan fingerprint density at radius 3 is 1.77 bits per heavy atom. The fourth-order valence-corrected chi connectivity index (χ4v) is 4.62. The van der Waals surface area contributed by atoms with E-state index in [1.165, 1.54) is 24.3 Å². The molecule has 14 nitrogen and oxygen atoms in total. The van der Waals surface area contributed by atoms with Gasteiger partial charge in [0.15, 0.2) is 0 Å². The SMILES string of the molecule is OC[C@H]1O[C@H](Oc2cc(O)cc(-c3cc4ccc(O[C@H]5O[C@H](CO)[C@@H](O)[C@H](O)[C@H]5O)cc4o3)c2)[C@H](O)[C@@H](O)[C@@H]1O. The van der Waals surface area contributed by atoms with Crippen LogP contribution in [-0.2, 0) is 9.47 Å². The van der Waals surface area contributed by atoms with Crippen molar-refractivity contribution >= 4 is 11.0 Å². The maximum Gasteiger partial charge on any atom is 0.229 e. The summed E-state index contributed by atoms with van der Waals surface area (Å²) in [5, 5.41) is 90.0. The van der Waals surface area contributed by atoms with Gasteiger partial charge in [0.2, 0.25) is 12.6 Å². The first-order valence-electron chi connectivity index (χ1n) is 12.4. The second kappa shape index (κ2) is 11.5. The molecule has 2 aliphatic rings. The van der Waals surface area contributed by atoms with Gasteiger partial charge in [-0.15, -0.1) is 0 Å². The number of hydrogen-bond donors (Lipinski definition) is 9. The van der Waals surface area contributed by atoms with E-state index >= 15 is 0 Å². The molecule has 0 spiro atoms. The molecule has 3 heterocycles. The van der Waals surface area contributed by atoms with Crippen LogP contribution in [0.2, 0.25) is 0 Å². The second-order valence-electron chi connectivity index (χ2n) is 9.66. The Morgan fingerprint density at radius 2 is 1.20 bits per heavy atom. The van der Waals surface area contributed by atoms with Gasteiger partial charge in [0.1, 0.15) is 77.4 Å². The monoisotopic (exact) mass is 566 g/mol. The first-order chi connectivity index (χ1) is 19.1. The highest BCUT2D eigenvalue weighted by Crippen LogP contribution is 2.36. The van der Waals surface area contributed by atoms with Crippen LogP contribution in [0.15, 0.2) is 46.9 Å². The van der Waals surface area contributed by atoms with Gasteiger partial charge in [-0.3, -0.25) is 0 Å². The van der Waals surface area contributed by atoms with Gasteiger partial charge in [0.05, 0.1) is 13.2 Å². The molecular weight excluding hydrogens is 536 g/mol. The van der Waals surface area contributed by atoms with Crippen molar-refractivity contribution in [3.63, 3.8) is 0 Å². The molecule has 5 rings (SSSR count). The molecule has 40 heavy (non-hydrogen) atoms. The van der Waals surface area contributed by atoms with Crippen molar-refractivity contribution in [3.8, 4) is 28.6 Å². The summed E-state index contributed by atoms with van der Waals surface area (Å²) in [5.41, 5.74) is 0.712. The lowest BCUT2D eigenvalue weighted by atomic mass is 9.99. The molecule has 14 heteroatoms. The molecule has 0 saturated carbocycles. The molecule has 0 bridgehead atoms. The van der Waals surface area contributed by atoms with Crippen LogP contribution in [0.4, 0.5) is 0 Å². The summed E-state index contributed by atoms with van der Waals surface area (Å²) < 4.78 is 27.9. The Kier molecular flexibility index (Phi) is 8.17. The third-order valence-electron chi connectivity index (χ3n) is 6.87. The zero-order valence-electron chi connectivity index (χ0n) is 20.8. The summed E-state index contributed by atoms with van der Waals surface area (Å²) >= 11 is 0. The van der Waals surface area contributed by atoms with E-state index in [9.17, 15) is 46.0 Å². The van der Waals surface area contributed by atoms with E-state index in [-0.39, 0.29) is 17.2 Å². The average Bonchev–Trinajstić information content (AvgIpc) is 3.37. The maximum absolute atomic E-state index is 10.3. The number of aliphatic hydroxyl groups excluding tert-OH is 8. The average molecular weight is 567 g/mol. The Hall–Kier alpha value is -3.02. The number of fused-ring (bicyclic) bond motifs is 1. The smallest absolute Gasteiger partial charge is 0.229 e. The number of aromatic hydroxyl groups is 1. The summed E-state index contributed by atoms with van der Waals surface area (Å²) in [6.45, 7) is -1.23. The van der Waals surface area contributed by atoms with Crippen LogP contribution >= 0.6 is 0 Å². The minimum absolute atomic E-state index is 0.0337. The van der Waals surface area contributed by atoms with E-state index in [1.807, 2.05) is 0 Å². The number of rotatable bonds is 7. The van der Waals surface area contributed by atoms with Crippen molar-refractivity contribution in [1.29, 1.82) is 0 Å². The van der Waals surface area contributed by atoms with Crippen molar-refractivity contribution in [2.75, 3.05) is 13.2 Å². The lowest BCUT2D eigenvalue weighted by molar-refractivity contribution is -0.277. The number of phenols is 1. The molecule has 0 unspecified atom stereocenters. The van der Waals surface area contributed by atoms with Crippen LogP contribution in [0.25, 0.3) is 22.3 Å². The molecular formula is C26H30O14. The molecule has 1 aromatic heterocycles. The van der Waals surface area contributed by atoms with Crippen LogP contribution in [0, 0.1) is 0 Å². The third-order valence-corrected chi connectivity index (χ3v) is 6.87.